The van der Waals surface area contributed by atoms with Crippen molar-refractivity contribution in [1.29, 1.82) is 0 Å². The van der Waals surface area contributed by atoms with Crippen LogP contribution in [0.2, 0.25) is 0 Å². The Bertz CT molecular complexity index is 1100. The minimum atomic E-state index is -0.649. The van der Waals surface area contributed by atoms with Gasteiger partial charge < -0.3 is 15.6 Å². The van der Waals surface area contributed by atoms with Gasteiger partial charge in [-0.1, -0.05) is 19.9 Å². The number of pyridine rings is 2. The summed E-state index contributed by atoms with van der Waals surface area (Å²) in [6, 6.07) is 4.76. The van der Waals surface area contributed by atoms with Gasteiger partial charge in [-0.2, -0.15) is 0 Å². The van der Waals surface area contributed by atoms with E-state index in [1.807, 2.05) is 13.8 Å². The van der Waals surface area contributed by atoms with Gasteiger partial charge in [-0.3, -0.25) is 14.4 Å². The van der Waals surface area contributed by atoms with Crippen LogP contribution in [0.1, 0.15) is 40.9 Å². The molecule has 0 fully saturated rings. The Balaban J connectivity index is 0.000000536. The molecule has 2 aromatic heterocycles. The number of carbonyl (C=O) groups is 2. The van der Waals surface area contributed by atoms with Crippen molar-refractivity contribution < 1.29 is 28.7 Å². The zero-order chi connectivity index (χ0) is 24.8. The van der Waals surface area contributed by atoms with Crippen LogP contribution in [0.25, 0.3) is 11.0 Å². The van der Waals surface area contributed by atoms with Gasteiger partial charge in [0.15, 0.2) is 11.9 Å². The van der Waals surface area contributed by atoms with E-state index >= 15 is 0 Å². The number of benzene rings is 1. The van der Waals surface area contributed by atoms with Crippen LogP contribution in [0, 0.1) is 25.5 Å². The summed E-state index contributed by atoms with van der Waals surface area (Å²) in [6.45, 7) is 7.41. The molecule has 3 rings (SSSR count). The van der Waals surface area contributed by atoms with E-state index in [2.05, 4.69) is 10.3 Å². The van der Waals surface area contributed by atoms with E-state index in [-0.39, 0.29) is 17.8 Å². The molecule has 2 heterocycles. The summed E-state index contributed by atoms with van der Waals surface area (Å²) in [5.74, 6) is -1.27. The van der Waals surface area contributed by atoms with Crippen molar-refractivity contribution in [3.8, 4) is 0 Å². The minimum absolute atomic E-state index is 0.0790. The lowest BCUT2D eigenvalue weighted by Gasteiger charge is -2.09. The molecular formula is C22H27F2N3O5. The lowest BCUT2D eigenvalue weighted by Crippen LogP contribution is -2.22. The van der Waals surface area contributed by atoms with Crippen molar-refractivity contribution in [2.24, 2.45) is 0 Å². The van der Waals surface area contributed by atoms with E-state index in [1.165, 1.54) is 12.3 Å². The number of amides is 1. The van der Waals surface area contributed by atoms with Crippen LogP contribution in [0.5, 0.6) is 0 Å². The van der Waals surface area contributed by atoms with Crippen molar-refractivity contribution in [3.63, 3.8) is 0 Å². The summed E-state index contributed by atoms with van der Waals surface area (Å²) >= 11 is 0. The number of halogens is 2. The summed E-state index contributed by atoms with van der Waals surface area (Å²) in [6.07, 6.45) is 2.52. The van der Waals surface area contributed by atoms with E-state index < -0.39 is 17.2 Å². The maximum absolute atomic E-state index is 12.8. The van der Waals surface area contributed by atoms with Gasteiger partial charge in [0.1, 0.15) is 11.6 Å². The molecule has 0 atom stereocenters. The van der Waals surface area contributed by atoms with Gasteiger partial charge in [0, 0.05) is 48.0 Å². The predicted molar refractivity (Wildman–Crippen MR) is 117 cm³/mol. The van der Waals surface area contributed by atoms with Crippen LogP contribution in [-0.2, 0) is 11.3 Å². The third-order valence-corrected chi connectivity index (χ3v) is 4.13. The van der Waals surface area contributed by atoms with Gasteiger partial charge in [0.25, 0.3) is 5.56 Å². The number of aldehydes is 1. The van der Waals surface area contributed by atoms with Crippen molar-refractivity contribution >= 4 is 23.7 Å². The lowest BCUT2D eigenvalue weighted by molar-refractivity contribution is -0.109. The molecule has 3 N–H and O–H groups in total. The van der Waals surface area contributed by atoms with Gasteiger partial charge in [0.05, 0.1) is 0 Å². The van der Waals surface area contributed by atoms with Gasteiger partial charge in [-0.15, -0.1) is 4.73 Å². The SMILES string of the molecule is CC.CO.Cc1c(C)c2c(C=O)ccnc2n(O)c1=O.O=CNCc1ccc(F)cc1F. The molecule has 32 heavy (non-hydrogen) atoms. The number of hydrogen-bond donors (Lipinski definition) is 3. The highest BCUT2D eigenvalue weighted by Crippen LogP contribution is 2.19. The molecule has 174 valence electrons. The molecule has 0 saturated heterocycles. The van der Waals surface area contributed by atoms with Gasteiger partial charge in [-0.25, -0.2) is 13.8 Å². The summed E-state index contributed by atoms with van der Waals surface area (Å²) in [4.78, 5) is 36.2. The minimum Gasteiger partial charge on any atom is -0.423 e. The van der Waals surface area contributed by atoms with Crippen LogP contribution in [-0.4, -0.2) is 39.8 Å². The number of aryl methyl sites for hydroxylation is 1. The molecule has 1 amide bonds. The number of aromatic nitrogens is 2. The van der Waals surface area contributed by atoms with Crippen molar-refractivity contribution in [2.75, 3.05) is 7.11 Å². The highest BCUT2D eigenvalue weighted by molar-refractivity contribution is 5.97. The molecule has 0 aliphatic rings. The Labute approximate surface area is 184 Å². The normalized spacial score (nSPS) is 9.25. The first-order valence-corrected chi connectivity index (χ1v) is 9.52. The summed E-state index contributed by atoms with van der Waals surface area (Å²) in [7, 11) is 1.00. The number of rotatable bonds is 4. The van der Waals surface area contributed by atoms with Gasteiger partial charge >= 0.3 is 0 Å². The third kappa shape index (κ3) is 6.95. The number of nitrogens with one attached hydrogen (secondary N) is 1. The zero-order valence-electron chi connectivity index (χ0n) is 18.5. The third-order valence-electron chi connectivity index (χ3n) is 4.13. The number of hydrogen-bond acceptors (Lipinski definition) is 6. The number of aliphatic hydroxyl groups excluding tert-OH is 1. The Hall–Kier alpha value is -3.66. The van der Waals surface area contributed by atoms with Crippen LogP contribution in [0.3, 0.4) is 0 Å². The second-order valence-corrected chi connectivity index (χ2v) is 5.82. The molecule has 8 nitrogen and oxygen atoms in total. The average molecular weight is 451 g/mol. The predicted octanol–water partition coefficient (Wildman–Crippen LogP) is 2.91. The standard InChI is InChI=1S/C11H10N2O3.C8H7F2NO.C2H6.CH4O/c1-6-7(2)11(15)13(16)10-9(6)8(5-14)3-4-12-10;9-7-2-1-6(4-11-5-12)8(10)3-7;2*1-2/h3-5,16H,1-2H3;1-3,5H,4H2,(H,11,12);1-2H3;2H,1H3. The second-order valence-electron chi connectivity index (χ2n) is 5.82. The average Bonchev–Trinajstić information content (AvgIpc) is 2.83. The fourth-order valence-electron chi connectivity index (χ4n) is 2.53. The second kappa shape index (κ2) is 14.4. The molecule has 3 aromatic rings. The molecule has 0 aliphatic heterocycles. The van der Waals surface area contributed by atoms with Gasteiger partial charge in [0.2, 0.25) is 6.41 Å². The first-order chi connectivity index (χ1) is 15.3. The molecule has 10 heteroatoms. The first-order valence-electron chi connectivity index (χ1n) is 9.52. The van der Waals surface area contributed by atoms with Crippen molar-refractivity contribution in [2.45, 2.75) is 34.2 Å². The van der Waals surface area contributed by atoms with E-state index in [9.17, 15) is 28.4 Å². The topological polar surface area (TPSA) is 122 Å². The van der Waals surface area contributed by atoms with Crippen LogP contribution >= 0.6 is 0 Å². The monoisotopic (exact) mass is 451 g/mol. The molecular weight excluding hydrogens is 424 g/mol. The lowest BCUT2D eigenvalue weighted by atomic mass is 10.0. The van der Waals surface area contributed by atoms with Gasteiger partial charge in [-0.05, 0) is 31.5 Å². The molecule has 1 aromatic carbocycles. The van der Waals surface area contributed by atoms with Crippen LogP contribution in [0.4, 0.5) is 8.78 Å². The van der Waals surface area contributed by atoms with E-state index in [0.29, 0.717) is 39.5 Å². The van der Waals surface area contributed by atoms with Crippen LogP contribution in [0.15, 0.2) is 35.3 Å². The molecule has 0 saturated carbocycles. The summed E-state index contributed by atoms with van der Waals surface area (Å²) in [5, 5.41) is 19.4. The number of nitrogens with zero attached hydrogens (tertiary/aromatic N) is 2. The molecule has 0 radical (unpaired) electrons. The quantitative estimate of drug-likeness (QED) is 0.414. The molecule has 0 unspecified atom stereocenters. The Morgan fingerprint density at radius 2 is 1.72 bits per heavy atom. The Kier molecular flexibility index (Phi) is 12.7. The van der Waals surface area contributed by atoms with Crippen molar-refractivity contribution in [1.82, 2.24) is 15.0 Å². The number of carbonyl (C=O) groups excluding carboxylic acids is 2. The molecule has 0 aliphatic carbocycles. The number of fused-ring (bicyclic) bond motifs is 1. The Morgan fingerprint density at radius 1 is 1.09 bits per heavy atom. The Morgan fingerprint density at radius 3 is 2.25 bits per heavy atom. The summed E-state index contributed by atoms with van der Waals surface area (Å²) in [5.41, 5.74) is 1.35. The van der Waals surface area contributed by atoms with E-state index in [4.69, 9.17) is 5.11 Å². The highest BCUT2D eigenvalue weighted by atomic mass is 19.1. The molecule has 0 spiro atoms. The first kappa shape index (κ1) is 28.3. The fourth-order valence-corrected chi connectivity index (χ4v) is 2.53. The zero-order valence-corrected chi connectivity index (χ0v) is 18.5. The van der Waals surface area contributed by atoms with E-state index in [1.54, 1.807) is 19.9 Å². The fraction of sp³-hybridized carbons (Fsp3) is 0.273. The summed E-state index contributed by atoms with van der Waals surface area (Å²) < 4.78 is 25.6. The van der Waals surface area contributed by atoms with Crippen LogP contribution < -0.4 is 10.9 Å². The van der Waals surface area contributed by atoms with E-state index in [0.717, 1.165) is 19.2 Å². The maximum Gasteiger partial charge on any atom is 0.288 e. The largest absolute Gasteiger partial charge is 0.423 e. The number of aliphatic hydroxyl groups is 1. The highest BCUT2D eigenvalue weighted by Gasteiger charge is 2.13. The molecule has 0 bridgehead atoms. The maximum atomic E-state index is 12.8. The van der Waals surface area contributed by atoms with Crippen molar-refractivity contribution in [3.05, 3.63) is 74.7 Å². The smallest absolute Gasteiger partial charge is 0.288 e.